The summed E-state index contributed by atoms with van der Waals surface area (Å²) in [6, 6.07) is 9.48. The fourth-order valence-corrected chi connectivity index (χ4v) is 5.12. The van der Waals surface area contributed by atoms with Crippen LogP contribution in [-0.4, -0.2) is 30.7 Å². The highest BCUT2D eigenvalue weighted by atomic mass is 15.3. The minimum atomic E-state index is 0.240. The van der Waals surface area contributed by atoms with Gasteiger partial charge in [-0.2, -0.15) is 0 Å². The Hall–Kier alpha value is -1.08. The second-order valence-electron chi connectivity index (χ2n) is 10.5. The van der Waals surface area contributed by atoms with Crippen LogP contribution in [0.4, 0.5) is 0 Å². The Labute approximate surface area is 163 Å². The smallest absolute Gasteiger partial charge is 0.0971 e. The van der Waals surface area contributed by atoms with E-state index in [4.69, 9.17) is 0 Å². The molecular weight excluding hydrogens is 314 g/mol. The van der Waals surface area contributed by atoms with Gasteiger partial charge in [0.05, 0.1) is 26.2 Å². The van der Waals surface area contributed by atoms with Gasteiger partial charge in [-0.1, -0.05) is 65.5 Å². The molecule has 0 radical (unpaired) electrons. The molecule has 0 aromatic heterocycles. The van der Waals surface area contributed by atoms with E-state index in [9.17, 15) is 0 Å². The summed E-state index contributed by atoms with van der Waals surface area (Å²) in [5.41, 5.74) is 3.57. The van der Waals surface area contributed by atoms with E-state index in [2.05, 4.69) is 71.5 Å². The van der Waals surface area contributed by atoms with Gasteiger partial charge in [-0.3, -0.25) is 0 Å². The number of hydrogen-bond acceptors (Lipinski definition) is 0. The first kappa shape index (κ1) is 21.2. The molecule has 0 atom stereocenters. The van der Waals surface area contributed by atoms with Crippen LogP contribution in [0.1, 0.15) is 77.8 Å². The molecule has 0 saturated carbocycles. The van der Waals surface area contributed by atoms with E-state index >= 15 is 0 Å². The Morgan fingerprint density at radius 1 is 0.962 bits per heavy atom. The molecule has 1 fully saturated rings. The predicted molar refractivity (Wildman–Crippen MR) is 116 cm³/mol. The molecule has 1 saturated heterocycles. The highest BCUT2D eigenvalue weighted by Gasteiger charge is 2.28. The molecule has 1 heteroatoms. The maximum atomic E-state index is 4.01. The molecule has 1 aromatic rings. The number of aryl methyl sites for hydroxylation is 1. The molecule has 1 aliphatic rings. The molecule has 1 heterocycles. The summed E-state index contributed by atoms with van der Waals surface area (Å²) >= 11 is 0. The number of likely N-dealkylation sites (tertiary alicyclic amines) is 1. The Morgan fingerprint density at radius 2 is 1.58 bits per heavy atom. The lowest BCUT2D eigenvalue weighted by Crippen LogP contribution is -2.52. The van der Waals surface area contributed by atoms with Gasteiger partial charge in [0.15, 0.2) is 0 Å². The number of benzene rings is 1. The summed E-state index contributed by atoms with van der Waals surface area (Å²) < 4.78 is 1.28. The Balaban J connectivity index is 1.91. The first-order chi connectivity index (χ1) is 12.2. The van der Waals surface area contributed by atoms with Crippen molar-refractivity contribution in [1.29, 1.82) is 0 Å². The molecule has 0 N–H and O–H groups in total. The van der Waals surface area contributed by atoms with Crippen LogP contribution >= 0.6 is 0 Å². The number of hydrogen-bond donors (Lipinski definition) is 0. The summed E-state index contributed by atoms with van der Waals surface area (Å²) in [4.78, 5) is 0. The van der Waals surface area contributed by atoms with Crippen LogP contribution in [0.2, 0.25) is 0 Å². The molecule has 0 spiro atoms. The summed E-state index contributed by atoms with van der Waals surface area (Å²) in [6.45, 7) is 21.0. The monoisotopic (exact) mass is 356 g/mol. The molecule has 26 heavy (non-hydrogen) atoms. The van der Waals surface area contributed by atoms with Gasteiger partial charge >= 0.3 is 0 Å². The van der Waals surface area contributed by atoms with Crippen molar-refractivity contribution in [2.45, 2.75) is 78.6 Å². The summed E-state index contributed by atoms with van der Waals surface area (Å²) in [5, 5.41) is 0. The molecule has 1 nitrogen and oxygen atoms in total. The lowest BCUT2D eigenvalue weighted by atomic mass is 9.72. The Bertz CT molecular complexity index is 553. The van der Waals surface area contributed by atoms with Crippen LogP contribution < -0.4 is 0 Å². The van der Waals surface area contributed by atoms with Gasteiger partial charge in [0.25, 0.3) is 0 Å². The SMILES string of the molecule is C=CC[N+]1(CCCc2ccc(C(C)(C)CC(C)(C)C)cc2)CCCCC1. The minimum Gasteiger partial charge on any atom is -0.320 e. The van der Waals surface area contributed by atoms with Crippen LogP contribution in [0.25, 0.3) is 0 Å². The van der Waals surface area contributed by atoms with Gasteiger partial charge in [0.1, 0.15) is 0 Å². The van der Waals surface area contributed by atoms with Gasteiger partial charge in [-0.05, 0) is 60.1 Å². The van der Waals surface area contributed by atoms with Crippen molar-refractivity contribution in [2.24, 2.45) is 5.41 Å². The third-order valence-corrected chi connectivity index (χ3v) is 6.09. The maximum Gasteiger partial charge on any atom is 0.0971 e. The quantitative estimate of drug-likeness (QED) is 0.367. The Kier molecular flexibility index (Phi) is 7.13. The zero-order valence-electron chi connectivity index (χ0n) is 18.1. The van der Waals surface area contributed by atoms with Crippen LogP contribution in [0.5, 0.6) is 0 Å². The fraction of sp³-hybridized carbons (Fsp3) is 0.680. The van der Waals surface area contributed by atoms with Crippen molar-refractivity contribution >= 4 is 0 Å². The lowest BCUT2D eigenvalue weighted by Gasteiger charge is -2.41. The molecule has 1 aliphatic heterocycles. The lowest BCUT2D eigenvalue weighted by molar-refractivity contribution is -0.927. The van der Waals surface area contributed by atoms with Gasteiger partial charge < -0.3 is 4.48 Å². The van der Waals surface area contributed by atoms with Crippen LogP contribution in [-0.2, 0) is 11.8 Å². The molecule has 2 rings (SSSR count). The molecule has 0 aliphatic carbocycles. The summed E-state index contributed by atoms with van der Waals surface area (Å²) in [6.07, 6.45) is 10.0. The normalized spacial score (nSPS) is 17.9. The van der Waals surface area contributed by atoms with Crippen molar-refractivity contribution in [2.75, 3.05) is 26.2 Å². The van der Waals surface area contributed by atoms with Crippen molar-refractivity contribution in [3.05, 3.63) is 48.0 Å². The largest absolute Gasteiger partial charge is 0.320 e. The van der Waals surface area contributed by atoms with Crippen molar-refractivity contribution in [3.8, 4) is 0 Å². The second kappa shape index (κ2) is 8.74. The minimum absolute atomic E-state index is 0.240. The zero-order chi connectivity index (χ0) is 19.3. The van der Waals surface area contributed by atoms with Gasteiger partial charge in [-0.15, -0.1) is 0 Å². The third-order valence-electron chi connectivity index (χ3n) is 6.09. The Morgan fingerprint density at radius 3 is 2.12 bits per heavy atom. The first-order valence-corrected chi connectivity index (χ1v) is 10.7. The van der Waals surface area contributed by atoms with E-state index in [1.807, 2.05) is 0 Å². The van der Waals surface area contributed by atoms with E-state index in [1.54, 1.807) is 0 Å². The van der Waals surface area contributed by atoms with E-state index in [-0.39, 0.29) is 5.41 Å². The molecule has 0 amide bonds. The van der Waals surface area contributed by atoms with Crippen LogP contribution in [0, 0.1) is 5.41 Å². The van der Waals surface area contributed by atoms with E-state index in [1.165, 1.54) is 73.8 Å². The van der Waals surface area contributed by atoms with E-state index in [0.29, 0.717) is 5.41 Å². The predicted octanol–water partition coefficient (Wildman–Crippen LogP) is 6.52. The zero-order valence-corrected chi connectivity index (χ0v) is 18.1. The maximum absolute atomic E-state index is 4.01. The number of piperidine rings is 1. The fourth-order valence-electron chi connectivity index (χ4n) is 5.12. The average Bonchev–Trinajstić information content (AvgIpc) is 2.54. The number of quaternary nitrogens is 1. The first-order valence-electron chi connectivity index (χ1n) is 10.7. The topological polar surface area (TPSA) is 0 Å². The average molecular weight is 357 g/mol. The number of rotatable bonds is 8. The van der Waals surface area contributed by atoms with E-state index < -0.39 is 0 Å². The molecule has 0 unspecified atom stereocenters. The van der Waals surface area contributed by atoms with Gasteiger partial charge in [-0.25, -0.2) is 0 Å². The molecule has 146 valence electrons. The molecule has 0 bridgehead atoms. The van der Waals surface area contributed by atoms with Crippen molar-refractivity contribution in [3.63, 3.8) is 0 Å². The van der Waals surface area contributed by atoms with Crippen molar-refractivity contribution < 1.29 is 4.48 Å². The van der Waals surface area contributed by atoms with Crippen molar-refractivity contribution in [1.82, 2.24) is 0 Å². The van der Waals surface area contributed by atoms with Crippen LogP contribution in [0.15, 0.2) is 36.9 Å². The standard InChI is InChI=1S/C25H42N/c1-7-17-26(18-9-8-10-19-26)20-11-12-22-13-15-23(16-14-22)25(5,6)21-24(2,3)4/h7,13-16H,1,8-12,17-21H2,2-6H3/q+1. The molecule has 1 aromatic carbocycles. The summed E-state index contributed by atoms with van der Waals surface area (Å²) in [7, 11) is 0. The highest BCUT2D eigenvalue weighted by Crippen LogP contribution is 2.36. The highest BCUT2D eigenvalue weighted by molar-refractivity contribution is 5.28. The number of nitrogens with zero attached hydrogens (tertiary/aromatic N) is 1. The summed E-state index contributed by atoms with van der Waals surface area (Å²) in [5.74, 6) is 0. The third kappa shape index (κ3) is 6.27. The second-order valence-corrected chi connectivity index (χ2v) is 10.5. The van der Waals surface area contributed by atoms with Crippen LogP contribution in [0.3, 0.4) is 0 Å². The van der Waals surface area contributed by atoms with E-state index in [0.717, 1.165) is 6.54 Å². The molecular formula is C25H42N+. The van der Waals surface area contributed by atoms with Gasteiger partial charge in [0.2, 0.25) is 0 Å². The van der Waals surface area contributed by atoms with Gasteiger partial charge in [0, 0.05) is 6.42 Å².